The fourth-order valence-corrected chi connectivity index (χ4v) is 3.85. The van der Waals surface area contributed by atoms with Gasteiger partial charge in [0.05, 0.1) is 12.1 Å². The third kappa shape index (κ3) is 3.20. The lowest BCUT2D eigenvalue weighted by atomic mass is 10.2. The fourth-order valence-electron chi connectivity index (χ4n) is 3.16. The number of thiophene rings is 1. The topological polar surface area (TPSA) is 52.5 Å². The Morgan fingerprint density at radius 1 is 1.19 bits per heavy atom. The smallest absolute Gasteiger partial charge is 0.253 e. The van der Waals surface area contributed by atoms with Crippen LogP contribution in [0.1, 0.15) is 32.2 Å². The Balaban J connectivity index is 1.46. The molecule has 4 rings (SSSR count). The zero-order chi connectivity index (χ0) is 18.1. The van der Waals surface area contributed by atoms with Gasteiger partial charge in [0.25, 0.3) is 5.91 Å². The van der Waals surface area contributed by atoms with E-state index in [-0.39, 0.29) is 12.7 Å². The molecule has 0 bridgehead atoms. The van der Waals surface area contributed by atoms with E-state index in [9.17, 15) is 4.79 Å². The summed E-state index contributed by atoms with van der Waals surface area (Å²) in [7, 11) is 0. The highest BCUT2D eigenvalue weighted by molar-refractivity contribution is 7.09. The maximum atomic E-state index is 12.7. The fraction of sp³-hybridized carbons (Fsp3) is 0.250. The summed E-state index contributed by atoms with van der Waals surface area (Å²) in [4.78, 5) is 13.9. The van der Waals surface area contributed by atoms with Crippen LogP contribution in [0, 0.1) is 13.8 Å². The number of carbonyl (C=O) groups excluding carboxylic acids is 1. The summed E-state index contributed by atoms with van der Waals surface area (Å²) in [5, 5.41) is 5.07. The van der Waals surface area contributed by atoms with Crippen molar-refractivity contribution in [2.75, 3.05) is 6.79 Å². The number of carbonyl (C=O) groups is 1. The molecule has 1 N–H and O–H groups in total. The molecule has 6 heteroatoms. The Labute approximate surface area is 156 Å². The van der Waals surface area contributed by atoms with Gasteiger partial charge in [0, 0.05) is 22.8 Å². The Kier molecular flexibility index (Phi) is 4.42. The quantitative estimate of drug-likeness (QED) is 0.744. The molecule has 0 fully saturated rings. The molecule has 3 aromatic rings. The predicted molar refractivity (Wildman–Crippen MR) is 101 cm³/mol. The first kappa shape index (κ1) is 16.7. The number of rotatable bonds is 5. The molecule has 1 amide bonds. The lowest BCUT2D eigenvalue weighted by Crippen LogP contribution is -2.23. The number of nitrogens with one attached hydrogen (secondary N) is 1. The van der Waals surface area contributed by atoms with Crippen molar-refractivity contribution in [1.29, 1.82) is 0 Å². The van der Waals surface area contributed by atoms with Crippen LogP contribution in [0.3, 0.4) is 0 Å². The average molecular weight is 368 g/mol. The van der Waals surface area contributed by atoms with Crippen molar-refractivity contribution in [2.45, 2.75) is 26.9 Å². The van der Waals surface area contributed by atoms with Gasteiger partial charge in [-0.3, -0.25) is 4.79 Å². The number of ether oxygens (including phenoxy) is 2. The summed E-state index contributed by atoms with van der Waals surface area (Å²) in [6.07, 6.45) is 0. The molecule has 3 heterocycles. The Morgan fingerprint density at radius 3 is 2.85 bits per heavy atom. The van der Waals surface area contributed by atoms with E-state index in [0.717, 1.165) is 40.6 Å². The molecule has 134 valence electrons. The Morgan fingerprint density at radius 2 is 2.04 bits per heavy atom. The zero-order valence-electron chi connectivity index (χ0n) is 14.7. The second kappa shape index (κ2) is 6.88. The molecule has 0 radical (unpaired) electrons. The van der Waals surface area contributed by atoms with Gasteiger partial charge in [-0.15, -0.1) is 11.3 Å². The van der Waals surface area contributed by atoms with Crippen LogP contribution in [0.5, 0.6) is 11.5 Å². The number of nitrogens with zero attached hydrogens (tertiary/aromatic N) is 1. The highest BCUT2D eigenvalue weighted by Crippen LogP contribution is 2.32. The van der Waals surface area contributed by atoms with Crippen LogP contribution in [0.2, 0.25) is 0 Å². The molecule has 0 unspecified atom stereocenters. The summed E-state index contributed by atoms with van der Waals surface area (Å²) in [5.41, 5.74) is 3.78. The van der Waals surface area contributed by atoms with Crippen LogP contribution < -0.4 is 14.8 Å². The Bertz CT molecular complexity index is 944. The summed E-state index contributed by atoms with van der Waals surface area (Å²) in [5.74, 6) is 1.41. The van der Waals surface area contributed by atoms with Crippen LogP contribution >= 0.6 is 11.3 Å². The Hall–Kier alpha value is -2.73. The van der Waals surface area contributed by atoms with Crippen LogP contribution in [-0.2, 0) is 13.1 Å². The van der Waals surface area contributed by atoms with E-state index < -0.39 is 0 Å². The second-order valence-electron chi connectivity index (χ2n) is 6.32. The van der Waals surface area contributed by atoms with Crippen LogP contribution in [0.4, 0.5) is 0 Å². The molecule has 0 aliphatic carbocycles. The number of fused-ring (bicyclic) bond motifs is 1. The van der Waals surface area contributed by atoms with Crippen molar-refractivity contribution in [2.24, 2.45) is 0 Å². The third-order valence-corrected chi connectivity index (χ3v) is 5.46. The molecule has 0 spiro atoms. The summed E-state index contributed by atoms with van der Waals surface area (Å²) in [6, 6.07) is 11.8. The molecule has 2 aromatic heterocycles. The maximum absolute atomic E-state index is 12.7. The van der Waals surface area contributed by atoms with Gasteiger partial charge in [-0.25, -0.2) is 0 Å². The van der Waals surface area contributed by atoms with Crippen LogP contribution in [0.15, 0.2) is 41.8 Å². The molecule has 0 atom stereocenters. The van der Waals surface area contributed by atoms with Crippen molar-refractivity contribution in [3.05, 3.63) is 69.2 Å². The lowest BCUT2D eigenvalue weighted by Gasteiger charge is -2.09. The monoisotopic (exact) mass is 368 g/mol. The van der Waals surface area contributed by atoms with E-state index in [0.29, 0.717) is 6.54 Å². The van der Waals surface area contributed by atoms with Gasteiger partial charge in [0.15, 0.2) is 11.5 Å². The molecule has 0 saturated heterocycles. The van der Waals surface area contributed by atoms with Gasteiger partial charge in [0.2, 0.25) is 6.79 Å². The minimum atomic E-state index is -0.0619. The van der Waals surface area contributed by atoms with E-state index in [1.807, 2.05) is 44.2 Å². The largest absolute Gasteiger partial charge is 0.454 e. The first-order valence-electron chi connectivity index (χ1n) is 8.47. The highest BCUT2D eigenvalue weighted by Gasteiger charge is 2.17. The summed E-state index contributed by atoms with van der Waals surface area (Å²) >= 11 is 1.73. The lowest BCUT2D eigenvalue weighted by molar-refractivity contribution is 0.0950. The molecule has 0 saturated carbocycles. The van der Waals surface area contributed by atoms with Crippen LogP contribution in [0.25, 0.3) is 0 Å². The van der Waals surface area contributed by atoms with Gasteiger partial charge in [-0.05, 0) is 49.1 Å². The number of benzene rings is 1. The first-order valence-corrected chi connectivity index (χ1v) is 9.35. The predicted octanol–water partition coefficient (Wildman–Crippen LogP) is 3.87. The van der Waals surface area contributed by atoms with Gasteiger partial charge in [-0.2, -0.15) is 0 Å². The van der Waals surface area contributed by atoms with Gasteiger partial charge >= 0.3 is 0 Å². The average Bonchev–Trinajstić information content (AvgIpc) is 3.36. The number of aryl methyl sites for hydroxylation is 1. The highest BCUT2D eigenvalue weighted by atomic mass is 32.1. The molecule has 1 aliphatic heterocycles. The molecule has 5 nitrogen and oxygen atoms in total. The van der Waals surface area contributed by atoms with E-state index in [1.165, 1.54) is 4.88 Å². The molecule has 26 heavy (non-hydrogen) atoms. The third-order valence-electron chi connectivity index (χ3n) is 4.60. The molecule has 1 aromatic carbocycles. The van der Waals surface area contributed by atoms with Crippen molar-refractivity contribution < 1.29 is 14.3 Å². The van der Waals surface area contributed by atoms with E-state index in [2.05, 4.69) is 21.3 Å². The summed E-state index contributed by atoms with van der Waals surface area (Å²) < 4.78 is 12.9. The minimum Gasteiger partial charge on any atom is -0.454 e. The van der Waals surface area contributed by atoms with Crippen molar-refractivity contribution in [1.82, 2.24) is 9.88 Å². The standard InChI is InChI=1S/C20H20N2O3S/c1-13-8-17(14(2)22(13)11-16-4-3-7-26-16)20(23)21-10-15-5-6-18-19(9-15)25-12-24-18/h3-9H,10-12H2,1-2H3,(H,21,23). The SMILES string of the molecule is Cc1cc(C(=O)NCc2ccc3c(c2)OCO3)c(C)n1Cc1cccs1. The molecular formula is C20H20N2O3S. The van der Waals surface area contributed by atoms with E-state index in [4.69, 9.17) is 9.47 Å². The van der Waals surface area contributed by atoms with E-state index in [1.54, 1.807) is 11.3 Å². The van der Waals surface area contributed by atoms with Gasteiger partial charge in [0.1, 0.15) is 0 Å². The minimum absolute atomic E-state index is 0.0619. The number of hydrogen-bond acceptors (Lipinski definition) is 4. The first-order chi connectivity index (χ1) is 12.6. The number of amides is 1. The van der Waals surface area contributed by atoms with Gasteiger partial charge in [-0.1, -0.05) is 12.1 Å². The zero-order valence-corrected chi connectivity index (χ0v) is 15.6. The van der Waals surface area contributed by atoms with Crippen molar-refractivity contribution in [3.8, 4) is 11.5 Å². The van der Waals surface area contributed by atoms with Crippen molar-refractivity contribution >= 4 is 17.2 Å². The van der Waals surface area contributed by atoms with Gasteiger partial charge < -0.3 is 19.4 Å². The number of aromatic nitrogens is 1. The molecule has 1 aliphatic rings. The van der Waals surface area contributed by atoms with E-state index >= 15 is 0 Å². The van der Waals surface area contributed by atoms with Crippen molar-refractivity contribution in [3.63, 3.8) is 0 Å². The summed E-state index contributed by atoms with van der Waals surface area (Å²) in [6.45, 7) is 5.53. The maximum Gasteiger partial charge on any atom is 0.253 e. The van der Waals surface area contributed by atoms with Crippen LogP contribution in [-0.4, -0.2) is 17.3 Å². The second-order valence-corrected chi connectivity index (χ2v) is 7.35. The normalized spacial score (nSPS) is 12.4. The number of hydrogen-bond donors (Lipinski definition) is 1. The molecular weight excluding hydrogens is 348 g/mol.